The number of carbonyl (C=O) groups excluding carboxylic acids is 2. The Morgan fingerprint density at radius 3 is 2.37 bits per heavy atom. The summed E-state index contributed by atoms with van der Waals surface area (Å²) in [5.74, 6) is -0.575. The standard InChI is InChI=1S/C12H22N2O4.ClH/c1-9(10(15)18-3)14-11(16)12(8-17-2)4-6-13-7-5-12;/h9,13H,4-8H2,1-3H3,(H,14,16);1H/t9-;/m1./s1. The minimum Gasteiger partial charge on any atom is -0.467 e. The fourth-order valence-electron chi connectivity index (χ4n) is 2.20. The van der Waals surface area contributed by atoms with E-state index in [4.69, 9.17) is 4.74 Å². The van der Waals surface area contributed by atoms with Crippen LogP contribution in [0.5, 0.6) is 0 Å². The van der Waals surface area contributed by atoms with Crippen molar-refractivity contribution in [1.29, 1.82) is 0 Å². The van der Waals surface area contributed by atoms with Crippen molar-refractivity contribution in [3.63, 3.8) is 0 Å². The van der Waals surface area contributed by atoms with E-state index in [-0.39, 0.29) is 18.3 Å². The first-order valence-electron chi connectivity index (χ1n) is 6.14. The number of hydrogen-bond acceptors (Lipinski definition) is 5. The van der Waals surface area contributed by atoms with Gasteiger partial charge in [-0.25, -0.2) is 4.79 Å². The third kappa shape index (κ3) is 4.63. The van der Waals surface area contributed by atoms with E-state index in [1.54, 1.807) is 14.0 Å². The van der Waals surface area contributed by atoms with Crippen LogP contribution < -0.4 is 10.6 Å². The number of piperidine rings is 1. The molecule has 112 valence electrons. The summed E-state index contributed by atoms with van der Waals surface area (Å²) >= 11 is 0. The third-order valence-electron chi connectivity index (χ3n) is 3.37. The lowest BCUT2D eigenvalue weighted by Gasteiger charge is -2.36. The molecule has 1 aliphatic rings. The zero-order valence-electron chi connectivity index (χ0n) is 11.7. The maximum atomic E-state index is 12.3. The highest BCUT2D eigenvalue weighted by atomic mass is 35.5. The number of halogens is 1. The average Bonchev–Trinajstić information content (AvgIpc) is 2.39. The Hall–Kier alpha value is -0.850. The van der Waals surface area contributed by atoms with Gasteiger partial charge in [-0.05, 0) is 32.9 Å². The summed E-state index contributed by atoms with van der Waals surface area (Å²) in [5, 5.41) is 5.92. The van der Waals surface area contributed by atoms with Gasteiger partial charge >= 0.3 is 5.97 Å². The molecule has 1 heterocycles. The molecule has 0 radical (unpaired) electrons. The van der Waals surface area contributed by atoms with E-state index in [0.29, 0.717) is 19.4 Å². The van der Waals surface area contributed by atoms with Gasteiger partial charge in [-0.1, -0.05) is 0 Å². The largest absolute Gasteiger partial charge is 0.467 e. The summed E-state index contributed by atoms with van der Waals surface area (Å²) in [5.41, 5.74) is -0.539. The zero-order valence-corrected chi connectivity index (χ0v) is 12.5. The predicted octanol–water partition coefficient (Wildman–Crippen LogP) is 0.102. The van der Waals surface area contributed by atoms with Gasteiger partial charge in [-0.15, -0.1) is 12.4 Å². The minimum absolute atomic E-state index is 0. The second kappa shape index (κ2) is 8.35. The monoisotopic (exact) mass is 294 g/mol. The molecule has 0 aliphatic carbocycles. The van der Waals surface area contributed by atoms with Gasteiger partial charge in [0, 0.05) is 7.11 Å². The topological polar surface area (TPSA) is 76.7 Å². The summed E-state index contributed by atoms with van der Waals surface area (Å²) in [6, 6.07) is -0.633. The van der Waals surface area contributed by atoms with Crippen LogP contribution in [-0.2, 0) is 19.1 Å². The molecule has 0 aromatic heterocycles. The lowest BCUT2D eigenvalue weighted by Crippen LogP contribution is -2.53. The van der Waals surface area contributed by atoms with E-state index >= 15 is 0 Å². The molecule has 0 spiro atoms. The first kappa shape index (κ1) is 18.1. The van der Waals surface area contributed by atoms with E-state index in [0.717, 1.165) is 13.1 Å². The summed E-state index contributed by atoms with van der Waals surface area (Å²) in [6.07, 6.45) is 1.42. The van der Waals surface area contributed by atoms with Crippen molar-refractivity contribution in [3.05, 3.63) is 0 Å². The van der Waals surface area contributed by atoms with Crippen molar-refractivity contribution in [2.45, 2.75) is 25.8 Å². The first-order valence-corrected chi connectivity index (χ1v) is 6.14. The molecule has 0 saturated carbocycles. The normalized spacial score (nSPS) is 18.9. The molecule has 1 fully saturated rings. The van der Waals surface area contributed by atoms with Crippen LogP contribution in [0, 0.1) is 5.41 Å². The second-order valence-electron chi connectivity index (χ2n) is 4.68. The van der Waals surface area contributed by atoms with Crippen molar-refractivity contribution < 1.29 is 19.1 Å². The Labute approximate surface area is 120 Å². The van der Waals surface area contributed by atoms with Crippen LogP contribution in [0.25, 0.3) is 0 Å². The molecule has 0 aromatic carbocycles. The maximum Gasteiger partial charge on any atom is 0.328 e. The van der Waals surface area contributed by atoms with E-state index in [1.165, 1.54) is 7.11 Å². The van der Waals surface area contributed by atoms with E-state index in [1.807, 2.05) is 0 Å². The van der Waals surface area contributed by atoms with Crippen molar-refractivity contribution in [2.75, 3.05) is 33.9 Å². The van der Waals surface area contributed by atoms with E-state index < -0.39 is 17.4 Å². The second-order valence-corrected chi connectivity index (χ2v) is 4.68. The van der Waals surface area contributed by atoms with Gasteiger partial charge in [-0.3, -0.25) is 4.79 Å². The lowest BCUT2D eigenvalue weighted by molar-refractivity contribution is -0.147. The van der Waals surface area contributed by atoms with Crippen LogP contribution in [0.2, 0.25) is 0 Å². The average molecular weight is 295 g/mol. The molecule has 1 saturated heterocycles. The smallest absolute Gasteiger partial charge is 0.328 e. The number of amides is 1. The van der Waals surface area contributed by atoms with Crippen LogP contribution in [0.15, 0.2) is 0 Å². The summed E-state index contributed by atoms with van der Waals surface area (Å²) in [6.45, 7) is 3.55. The predicted molar refractivity (Wildman–Crippen MR) is 73.3 cm³/mol. The van der Waals surface area contributed by atoms with Crippen LogP contribution in [0.3, 0.4) is 0 Å². The molecule has 19 heavy (non-hydrogen) atoms. The van der Waals surface area contributed by atoms with Gasteiger partial charge in [0.05, 0.1) is 19.1 Å². The molecule has 1 atom stereocenters. The van der Waals surface area contributed by atoms with Crippen LogP contribution in [0.1, 0.15) is 19.8 Å². The Morgan fingerprint density at radius 2 is 1.89 bits per heavy atom. The van der Waals surface area contributed by atoms with Crippen LogP contribution in [-0.4, -0.2) is 51.8 Å². The van der Waals surface area contributed by atoms with Gasteiger partial charge in [0.25, 0.3) is 0 Å². The number of ether oxygens (including phenoxy) is 2. The van der Waals surface area contributed by atoms with Gasteiger partial charge in [0.2, 0.25) is 5.91 Å². The summed E-state index contributed by atoms with van der Waals surface area (Å²) in [4.78, 5) is 23.6. The zero-order chi connectivity index (χ0) is 13.6. The Kier molecular flexibility index (Phi) is 7.97. The molecule has 1 amide bonds. The van der Waals surface area contributed by atoms with E-state index in [2.05, 4.69) is 15.4 Å². The van der Waals surface area contributed by atoms with Crippen molar-refractivity contribution in [2.24, 2.45) is 5.41 Å². The van der Waals surface area contributed by atoms with Crippen molar-refractivity contribution >= 4 is 24.3 Å². The molecular formula is C12H23ClN2O4. The highest BCUT2D eigenvalue weighted by Gasteiger charge is 2.40. The SMILES string of the molecule is COCC1(C(=O)N[C@H](C)C(=O)OC)CCNCC1.Cl. The molecule has 7 heteroatoms. The Bertz CT molecular complexity index is 301. The number of hydrogen-bond donors (Lipinski definition) is 2. The Morgan fingerprint density at radius 1 is 1.32 bits per heavy atom. The number of rotatable bonds is 5. The number of nitrogens with one attached hydrogen (secondary N) is 2. The maximum absolute atomic E-state index is 12.3. The minimum atomic E-state index is -0.633. The van der Waals surface area contributed by atoms with Crippen LogP contribution >= 0.6 is 12.4 Å². The molecule has 1 aliphatic heterocycles. The summed E-state index contributed by atoms with van der Waals surface area (Å²) < 4.78 is 9.77. The highest BCUT2D eigenvalue weighted by molar-refractivity contribution is 5.88. The highest BCUT2D eigenvalue weighted by Crippen LogP contribution is 2.29. The van der Waals surface area contributed by atoms with E-state index in [9.17, 15) is 9.59 Å². The molecule has 6 nitrogen and oxygen atoms in total. The van der Waals surface area contributed by atoms with Crippen molar-refractivity contribution in [3.8, 4) is 0 Å². The van der Waals surface area contributed by atoms with Gasteiger partial charge in [0.1, 0.15) is 6.04 Å². The van der Waals surface area contributed by atoms with Crippen LogP contribution in [0.4, 0.5) is 0 Å². The molecular weight excluding hydrogens is 272 g/mol. The number of carbonyl (C=O) groups is 2. The molecule has 1 rings (SSSR count). The van der Waals surface area contributed by atoms with Crippen molar-refractivity contribution in [1.82, 2.24) is 10.6 Å². The number of esters is 1. The lowest BCUT2D eigenvalue weighted by atomic mass is 9.78. The molecule has 0 bridgehead atoms. The van der Waals surface area contributed by atoms with Gasteiger partial charge in [-0.2, -0.15) is 0 Å². The third-order valence-corrected chi connectivity index (χ3v) is 3.37. The molecule has 2 N–H and O–H groups in total. The quantitative estimate of drug-likeness (QED) is 0.704. The fraction of sp³-hybridized carbons (Fsp3) is 0.833. The molecule has 0 unspecified atom stereocenters. The number of methoxy groups -OCH3 is 2. The molecule has 0 aromatic rings. The summed E-state index contributed by atoms with van der Waals surface area (Å²) in [7, 11) is 2.89. The van der Waals surface area contributed by atoms with Gasteiger partial charge < -0.3 is 20.1 Å². The van der Waals surface area contributed by atoms with Gasteiger partial charge in [0.15, 0.2) is 0 Å². The first-order chi connectivity index (χ1) is 8.55. The fourth-order valence-corrected chi connectivity index (χ4v) is 2.20. The Balaban J connectivity index is 0.00000324.